The highest BCUT2D eigenvalue weighted by Gasteiger charge is 2.35. The normalized spacial score (nSPS) is 13.8. The Labute approximate surface area is 261 Å². The summed E-state index contributed by atoms with van der Waals surface area (Å²) in [6.07, 6.45) is 2.42. The summed E-state index contributed by atoms with van der Waals surface area (Å²) in [6.45, 7) is 18.9. The number of ketones is 3. The van der Waals surface area contributed by atoms with Crippen LogP contribution in [0.2, 0.25) is 0 Å². The zero-order valence-corrected chi connectivity index (χ0v) is 28.8. The summed E-state index contributed by atoms with van der Waals surface area (Å²) >= 11 is 0. The first-order chi connectivity index (χ1) is 20.1. The van der Waals surface area contributed by atoms with Crippen LogP contribution in [-0.4, -0.2) is 105 Å². The number of hydrogen-bond donors (Lipinski definition) is 1. The van der Waals surface area contributed by atoms with Crippen molar-refractivity contribution < 1.29 is 38.1 Å². The van der Waals surface area contributed by atoms with Crippen molar-refractivity contribution in [3.8, 4) is 0 Å². The van der Waals surface area contributed by atoms with Gasteiger partial charge in [-0.3, -0.25) is 24.1 Å². The molecule has 0 saturated heterocycles. The minimum atomic E-state index is -1.09. The Balaban J connectivity index is 5.60. The van der Waals surface area contributed by atoms with Gasteiger partial charge in [-0.25, -0.2) is 0 Å². The Hall–Kier alpha value is -1.72. The number of likely N-dealkylation sites (N-methyl/N-ethyl adjacent to an activating group) is 1. The van der Waals surface area contributed by atoms with Gasteiger partial charge >= 0.3 is 0 Å². The van der Waals surface area contributed by atoms with Crippen LogP contribution in [0.25, 0.3) is 0 Å². The topological polar surface area (TPSA) is 120 Å². The maximum absolute atomic E-state index is 13.4. The molecule has 0 rings (SSSR count). The number of amides is 1. The molecular formula is C33H62N2O8. The van der Waals surface area contributed by atoms with Gasteiger partial charge in [-0.1, -0.05) is 34.6 Å². The third-order valence-electron chi connectivity index (χ3n) is 7.92. The van der Waals surface area contributed by atoms with E-state index in [1.807, 2.05) is 20.8 Å². The summed E-state index contributed by atoms with van der Waals surface area (Å²) in [6, 6.07) is 0.397. The van der Waals surface area contributed by atoms with Gasteiger partial charge in [-0.05, 0) is 41.2 Å². The molecule has 2 unspecified atom stereocenters. The van der Waals surface area contributed by atoms with Crippen LogP contribution in [0.15, 0.2) is 0 Å². The zero-order valence-electron chi connectivity index (χ0n) is 28.8. The molecule has 10 nitrogen and oxygen atoms in total. The first-order valence-electron chi connectivity index (χ1n) is 16.1. The van der Waals surface area contributed by atoms with E-state index in [0.717, 1.165) is 6.42 Å². The van der Waals surface area contributed by atoms with E-state index in [4.69, 9.17) is 18.9 Å². The minimum Gasteiger partial charge on any atom is -0.378 e. The highest BCUT2D eigenvalue weighted by molar-refractivity contribution is 5.80. The van der Waals surface area contributed by atoms with Crippen molar-refractivity contribution in [1.29, 1.82) is 0 Å². The van der Waals surface area contributed by atoms with Crippen molar-refractivity contribution in [1.82, 2.24) is 10.2 Å². The highest BCUT2D eigenvalue weighted by atomic mass is 16.5. The van der Waals surface area contributed by atoms with Crippen LogP contribution in [0.4, 0.5) is 0 Å². The summed E-state index contributed by atoms with van der Waals surface area (Å²) in [5.41, 5.74) is -1.29. The molecule has 0 aliphatic heterocycles. The standard InChI is InChI=1S/C33H62N2O8/c1-11-26(6)35(10)32(8,9)21-43-27(7)20-31(39)34-33(22-40-17-14-28(36)12-2,23-41-18-15-29(37)13-3)24-42-19-16-30(38)25(4)5/h25-27H,11-24H2,1-10H3,(H,34,39). The van der Waals surface area contributed by atoms with Gasteiger partial charge in [0.05, 0.1) is 58.8 Å². The van der Waals surface area contributed by atoms with Gasteiger partial charge in [0.25, 0.3) is 0 Å². The lowest BCUT2D eigenvalue weighted by Gasteiger charge is -2.40. The van der Waals surface area contributed by atoms with Crippen LogP contribution in [0.3, 0.4) is 0 Å². The average molecular weight is 615 g/mol. The summed E-state index contributed by atoms with van der Waals surface area (Å²) in [4.78, 5) is 51.4. The first kappa shape index (κ1) is 41.3. The number of nitrogens with zero attached hydrogens (tertiary/aromatic N) is 1. The number of carbonyl (C=O) groups excluding carboxylic acids is 4. The number of ether oxygens (including phenoxy) is 4. The molecule has 0 aliphatic carbocycles. The van der Waals surface area contributed by atoms with Crippen molar-refractivity contribution >= 4 is 23.3 Å². The summed E-state index contributed by atoms with van der Waals surface area (Å²) < 4.78 is 23.8. The third kappa shape index (κ3) is 18.0. The molecule has 43 heavy (non-hydrogen) atoms. The molecule has 1 N–H and O–H groups in total. The molecule has 2 atom stereocenters. The fourth-order valence-corrected chi connectivity index (χ4v) is 4.21. The lowest BCUT2D eigenvalue weighted by Crippen LogP contribution is -2.59. The van der Waals surface area contributed by atoms with E-state index in [-0.39, 0.29) is 106 Å². The minimum absolute atomic E-state index is 0.0372. The molecule has 0 aromatic carbocycles. The Bertz CT molecular complexity index is 806. The predicted molar refractivity (Wildman–Crippen MR) is 169 cm³/mol. The maximum atomic E-state index is 13.4. The van der Waals surface area contributed by atoms with E-state index in [1.165, 1.54) is 0 Å². The Morgan fingerprint density at radius 2 is 1.21 bits per heavy atom. The van der Waals surface area contributed by atoms with E-state index in [2.05, 4.69) is 45.0 Å². The van der Waals surface area contributed by atoms with Crippen molar-refractivity contribution in [2.24, 2.45) is 5.92 Å². The second-order valence-corrected chi connectivity index (χ2v) is 12.6. The number of carbonyl (C=O) groups is 4. The largest absolute Gasteiger partial charge is 0.378 e. The lowest BCUT2D eigenvalue weighted by atomic mass is 10.0. The molecule has 0 radical (unpaired) electrons. The Morgan fingerprint density at radius 3 is 1.63 bits per heavy atom. The Morgan fingerprint density at radius 1 is 0.744 bits per heavy atom. The highest BCUT2D eigenvalue weighted by Crippen LogP contribution is 2.19. The van der Waals surface area contributed by atoms with Crippen molar-refractivity contribution in [3.63, 3.8) is 0 Å². The fraction of sp³-hybridized carbons (Fsp3) is 0.879. The van der Waals surface area contributed by atoms with Crippen LogP contribution in [0, 0.1) is 5.92 Å². The summed E-state index contributed by atoms with van der Waals surface area (Å²) in [7, 11) is 2.08. The predicted octanol–water partition coefficient (Wildman–Crippen LogP) is 4.55. The summed E-state index contributed by atoms with van der Waals surface area (Å²) in [5.74, 6) is -0.0981. The van der Waals surface area contributed by atoms with E-state index in [0.29, 0.717) is 25.5 Å². The molecule has 0 aromatic rings. The van der Waals surface area contributed by atoms with E-state index in [1.54, 1.807) is 13.8 Å². The number of hydrogen-bond acceptors (Lipinski definition) is 9. The molecule has 0 spiro atoms. The number of Topliss-reactive ketones (excluding diaryl/α,β-unsaturated/α-hetero) is 3. The zero-order chi connectivity index (χ0) is 33.1. The molecule has 0 fully saturated rings. The average Bonchev–Trinajstić information content (AvgIpc) is 2.97. The van der Waals surface area contributed by atoms with Crippen LogP contribution < -0.4 is 5.32 Å². The van der Waals surface area contributed by atoms with Gasteiger partial charge in [0.15, 0.2) is 0 Å². The lowest BCUT2D eigenvalue weighted by molar-refractivity contribution is -0.133. The molecule has 10 heteroatoms. The maximum Gasteiger partial charge on any atom is 0.223 e. The molecule has 252 valence electrons. The van der Waals surface area contributed by atoms with E-state index in [9.17, 15) is 19.2 Å². The monoisotopic (exact) mass is 614 g/mol. The molecule has 0 aromatic heterocycles. The van der Waals surface area contributed by atoms with Gasteiger partial charge in [0.1, 0.15) is 22.9 Å². The first-order valence-corrected chi connectivity index (χ1v) is 16.1. The summed E-state index contributed by atoms with van der Waals surface area (Å²) in [5, 5.41) is 3.06. The Kier molecular flexibility index (Phi) is 21.0. The van der Waals surface area contributed by atoms with Crippen LogP contribution in [-0.2, 0) is 38.1 Å². The molecule has 0 heterocycles. The fourth-order valence-electron chi connectivity index (χ4n) is 4.21. The van der Waals surface area contributed by atoms with E-state index < -0.39 is 5.54 Å². The van der Waals surface area contributed by atoms with Gasteiger partial charge in [0, 0.05) is 49.6 Å². The van der Waals surface area contributed by atoms with Gasteiger partial charge < -0.3 is 24.3 Å². The second-order valence-electron chi connectivity index (χ2n) is 12.6. The molecule has 0 saturated carbocycles. The second kappa shape index (κ2) is 21.9. The van der Waals surface area contributed by atoms with Crippen molar-refractivity contribution in [2.75, 3.05) is 53.3 Å². The quantitative estimate of drug-likeness (QED) is 0.133. The van der Waals surface area contributed by atoms with Crippen molar-refractivity contribution in [2.45, 2.75) is 130 Å². The molecule has 0 aliphatic rings. The number of rotatable bonds is 27. The van der Waals surface area contributed by atoms with Gasteiger partial charge in [-0.15, -0.1) is 0 Å². The third-order valence-corrected chi connectivity index (χ3v) is 7.92. The SMILES string of the molecule is CCC(=O)CCOCC(COCCC(=O)CC)(COCCC(=O)C(C)C)NC(=O)CC(C)OCC(C)(C)N(C)C(C)CC. The van der Waals surface area contributed by atoms with Gasteiger partial charge in [0.2, 0.25) is 5.91 Å². The van der Waals surface area contributed by atoms with Crippen LogP contribution in [0.1, 0.15) is 107 Å². The number of nitrogens with one attached hydrogen (secondary N) is 1. The van der Waals surface area contributed by atoms with Crippen molar-refractivity contribution in [3.05, 3.63) is 0 Å². The van der Waals surface area contributed by atoms with Crippen LogP contribution in [0.5, 0.6) is 0 Å². The molecular weight excluding hydrogens is 552 g/mol. The van der Waals surface area contributed by atoms with Crippen LogP contribution >= 0.6 is 0 Å². The molecule has 0 bridgehead atoms. The van der Waals surface area contributed by atoms with Gasteiger partial charge in [-0.2, -0.15) is 0 Å². The van der Waals surface area contributed by atoms with E-state index >= 15 is 0 Å². The molecule has 1 amide bonds. The smallest absolute Gasteiger partial charge is 0.223 e.